The summed E-state index contributed by atoms with van der Waals surface area (Å²) < 4.78 is 22.5. The van der Waals surface area contributed by atoms with Crippen LogP contribution in [0.5, 0.6) is 0 Å². The van der Waals surface area contributed by atoms with E-state index in [0.29, 0.717) is 4.90 Å². The normalized spacial score (nSPS) is 14.8. The Morgan fingerprint density at radius 1 is 1.00 bits per heavy atom. The van der Waals surface area contributed by atoms with Crippen LogP contribution < -0.4 is 0 Å². The third kappa shape index (κ3) is 3.39. The number of benzene rings is 1. The topological polar surface area (TPSA) is 40.1 Å². The molecule has 0 amide bonds. The van der Waals surface area contributed by atoms with Gasteiger partial charge in [-0.1, -0.05) is 53.7 Å². The van der Waals surface area contributed by atoms with Crippen LogP contribution in [0.3, 0.4) is 0 Å². The Morgan fingerprint density at radius 2 is 1.53 bits per heavy atom. The fraction of sp³-hybridized carbons (Fsp3) is 0.571. The first-order valence-corrected chi connectivity index (χ1v) is 6.85. The number of rotatable bonds is 1. The van der Waals surface area contributed by atoms with Gasteiger partial charge in [0.25, 0.3) is 0 Å². The Hall–Kier alpha value is -0.670. The van der Waals surface area contributed by atoms with Gasteiger partial charge >= 0.3 is 0 Å². The van der Waals surface area contributed by atoms with Crippen molar-refractivity contribution in [1.29, 1.82) is 0 Å². The first-order chi connectivity index (χ1) is 7.53. The van der Waals surface area contributed by atoms with Gasteiger partial charge < -0.3 is 4.55 Å². The van der Waals surface area contributed by atoms with Crippen molar-refractivity contribution in [3.8, 4) is 0 Å². The van der Waals surface area contributed by atoms with E-state index >= 15 is 0 Å². The minimum absolute atomic E-state index is 0.0307. The molecule has 0 heterocycles. The smallest absolute Gasteiger partial charge is 0.0286 e. The Labute approximate surface area is 107 Å². The van der Waals surface area contributed by atoms with E-state index in [2.05, 4.69) is 20.8 Å². The lowest BCUT2D eigenvalue weighted by Crippen LogP contribution is -2.18. The molecule has 0 fully saturated rings. The first kappa shape index (κ1) is 14.4. The minimum atomic E-state index is -2.17. The van der Waals surface area contributed by atoms with Crippen molar-refractivity contribution >= 4 is 11.1 Å². The van der Waals surface area contributed by atoms with Gasteiger partial charge in [-0.05, 0) is 39.1 Å². The van der Waals surface area contributed by atoms with Crippen LogP contribution in [-0.4, -0.2) is 8.76 Å². The van der Waals surface area contributed by atoms with E-state index in [9.17, 15) is 8.76 Å². The van der Waals surface area contributed by atoms with Gasteiger partial charge in [0.1, 0.15) is 0 Å². The van der Waals surface area contributed by atoms with Gasteiger partial charge in [0, 0.05) is 4.90 Å². The Morgan fingerprint density at radius 3 is 1.88 bits per heavy atom. The Balaban J connectivity index is 3.46. The van der Waals surface area contributed by atoms with Gasteiger partial charge in [-0.2, -0.15) is 0 Å². The van der Waals surface area contributed by atoms with E-state index in [4.69, 9.17) is 0 Å². The van der Waals surface area contributed by atoms with Crippen LogP contribution >= 0.6 is 0 Å². The predicted molar refractivity (Wildman–Crippen MR) is 71.0 cm³/mol. The van der Waals surface area contributed by atoms with Crippen molar-refractivity contribution in [1.82, 2.24) is 0 Å². The average molecular weight is 253 g/mol. The highest BCUT2D eigenvalue weighted by atomic mass is 32.2. The highest BCUT2D eigenvalue weighted by molar-refractivity contribution is 7.79. The molecular formula is C14H21O2S-. The Bertz CT molecular complexity index is 437. The van der Waals surface area contributed by atoms with Crippen LogP contribution in [0.2, 0.25) is 0 Å². The largest absolute Gasteiger partial charge is 0.768 e. The van der Waals surface area contributed by atoms with E-state index in [-0.39, 0.29) is 10.8 Å². The lowest BCUT2D eigenvalue weighted by Gasteiger charge is -2.28. The van der Waals surface area contributed by atoms with E-state index in [0.717, 1.165) is 11.1 Å². The molecule has 0 bridgehead atoms. The molecule has 1 rings (SSSR count). The van der Waals surface area contributed by atoms with Crippen LogP contribution in [-0.2, 0) is 21.9 Å². The first-order valence-electron chi connectivity index (χ1n) is 5.78. The van der Waals surface area contributed by atoms with Crippen LogP contribution in [0.25, 0.3) is 0 Å². The molecule has 0 aliphatic rings. The summed E-state index contributed by atoms with van der Waals surface area (Å²) >= 11 is -2.17. The van der Waals surface area contributed by atoms with Gasteiger partial charge in [-0.25, -0.2) is 0 Å². The van der Waals surface area contributed by atoms with E-state index in [1.165, 1.54) is 0 Å². The molecule has 1 aromatic carbocycles. The van der Waals surface area contributed by atoms with Crippen molar-refractivity contribution in [2.75, 3.05) is 0 Å². The lowest BCUT2D eigenvalue weighted by atomic mass is 9.81. The maximum absolute atomic E-state index is 11.2. The lowest BCUT2D eigenvalue weighted by molar-refractivity contribution is 0.522. The monoisotopic (exact) mass is 253 g/mol. The number of hydrogen-bond acceptors (Lipinski definition) is 2. The fourth-order valence-corrected chi connectivity index (χ4v) is 2.45. The standard InChI is InChI=1S/C14H22O2S/c1-13(2,3)10-7-8-12(17(15)16)11(9-10)14(4,5)6/h7-9H,1-6H3,(H,15,16)/p-1. The SMILES string of the molecule is CC(C)(C)c1ccc(S(=O)[O-])c(C(C)(C)C)c1. The molecule has 0 saturated heterocycles. The summed E-state index contributed by atoms with van der Waals surface area (Å²) in [5, 5.41) is 0. The summed E-state index contributed by atoms with van der Waals surface area (Å²) in [7, 11) is 0. The molecule has 1 atom stereocenters. The predicted octanol–water partition coefficient (Wildman–Crippen LogP) is 3.52. The van der Waals surface area contributed by atoms with E-state index in [1.807, 2.05) is 32.9 Å². The summed E-state index contributed by atoms with van der Waals surface area (Å²) in [6.45, 7) is 12.5. The van der Waals surface area contributed by atoms with Gasteiger partial charge in [-0.3, -0.25) is 4.21 Å². The summed E-state index contributed by atoms with van der Waals surface area (Å²) in [5.41, 5.74) is 1.91. The molecule has 0 saturated carbocycles. The van der Waals surface area contributed by atoms with Gasteiger partial charge in [0.2, 0.25) is 0 Å². The molecule has 0 spiro atoms. The second kappa shape index (κ2) is 4.54. The van der Waals surface area contributed by atoms with Gasteiger partial charge in [0.15, 0.2) is 0 Å². The fourth-order valence-electron chi connectivity index (χ4n) is 1.73. The van der Waals surface area contributed by atoms with Crippen LogP contribution in [0.15, 0.2) is 23.1 Å². The second-order valence-electron chi connectivity index (χ2n) is 6.45. The van der Waals surface area contributed by atoms with Gasteiger partial charge in [-0.15, -0.1) is 0 Å². The van der Waals surface area contributed by atoms with Crippen LogP contribution in [0.4, 0.5) is 0 Å². The molecule has 17 heavy (non-hydrogen) atoms. The highest BCUT2D eigenvalue weighted by Crippen LogP contribution is 2.32. The molecule has 1 aromatic rings. The highest BCUT2D eigenvalue weighted by Gasteiger charge is 2.22. The average Bonchev–Trinajstić information content (AvgIpc) is 2.14. The summed E-state index contributed by atoms with van der Waals surface area (Å²) in [5.74, 6) is 0. The van der Waals surface area contributed by atoms with Gasteiger partial charge in [0.05, 0.1) is 0 Å². The molecule has 1 unspecified atom stereocenters. The third-order valence-corrected chi connectivity index (χ3v) is 3.55. The summed E-state index contributed by atoms with van der Waals surface area (Å²) in [6.07, 6.45) is 0. The molecule has 96 valence electrons. The zero-order chi connectivity index (χ0) is 13.4. The molecular weight excluding hydrogens is 232 g/mol. The molecule has 0 aromatic heterocycles. The molecule has 0 N–H and O–H groups in total. The van der Waals surface area contributed by atoms with E-state index < -0.39 is 11.1 Å². The maximum Gasteiger partial charge on any atom is 0.0286 e. The number of hydrogen-bond donors (Lipinski definition) is 0. The molecule has 0 aliphatic carbocycles. The van der Waals surface area contributed by atoms with Crippen molar-refractivity contribution in [2.45, 2.75) is 57.3 Å². The minimum Gasteiger partial charge on any atom is -0.768 e. The maximum atomic E-state index is 11.2. The van der Waals surface area contributed by atoms with Crippen molar-refractivity contribution in [3.05, 3.63) is 29.3 Å². The quantitative estimate of drug-likeness (QED) is 0.718. The van der Waals surface area contributed by atoms with Crippen molar-refractivity contribution in [3.63, 3.8) is 0 Å². The van der Waals surface area contributed by atoms with E-state index in [1.54, 1.807) is 6.07 Å². The third-order valence-electron chi connectivity index (χ3n) is 2.83. The molecule has 3 heteroatoms. The summed E-state index contributed by atoms with van der Waals surface area (Å²) in [4.78, 5) is 0.408. The summed E-state index contributed by atoms with van der Waals surface area (Å²) in [6, 6.07) is 5.63. The zero-order valence-corrected chi connectivity index (χ0v) is 12.3. The van der Waals surface area contributed by atoms with Crippen molar-refractivity contribution < 1.29 is 8.76 Å². The Kier molecular flexibility index (Phi) is 3.84. The molecule has 0 aliphatic heterocycles. The zero-order valence-electron chi connectivity index (χ0n) is 11.5. The second-order valence-corrected chi connectivity index (χ2v) is 7.35. The molecule has 2 nitrogen and oxygen atoms in total. The molecule has 0 radical (unpaired) electrons. The van der Waals surface area contributed by atoms with Crippen molar-refractivity contribution in [2.24, 2.45) is 0 Å². The van der Waals surface area contributed by atoms with Crippen LogP contribution in [0.1, 0.15) is 52.7 Å². The van der Waals surface area contributed by atoms with Crippen LogP contribution in [0, 0.1) is 0 Å².